The Labute approximate surface area is 214 Å². The number of hydrogen-bond donors (Lipinski definition) is 2. The van der Waals surface area contributed by atoms with Crippen LogP contribution in [0.25, 0.3) is 22.0 Å². The lowest BCUT2D eigenvalue weighted by atomic mass is 9.93. The van der Waals surface area contributed by atoms with Crippen LogP contribution < -0.4 is 5.32 Å². The molecular weight excluding hydrogens is 504 g/mol. The number of aliphatic hydroxyl groups is 1. The number of carbonyl (C=O) groups is 1. The van der Waals surface area contributed by atoms with Gasteiger partial charge in [-0.3, -0.25) is 9.48 Å². The smallest absolute Gasteiger partial charge is 0.275 e. The van der Waals surface area contributed by atoms with Crippen LogP contribution in [-0.4, -0.2) is 53.3 Å². The van der Waals surface area contributed by atoms with Crippen molar-refractivity contribution in [3.05, 3.63) is 53.6 Å². The van der Waals surface area contributed by atoms with Gasteiger partial charge in [-0.25, -0.2) is 19.0 Å². The van der Waals surface area contributed by atoms with Gasteiger partial charge in [-0.1, -0.05) is 0 Å². The lowest BCUT2D eigenvalue weighted by Crippen LogP contribution is -2.24. The first-order valence-electron chi connectivity index (χ1n) is 11.9. The van der Waals surface area contributed by atoms with Crippen molar-refractivity contribution in [3.63, 3.8) is 0 Å². The summed E-state index contributed by atoms with van der Waals surface area (Å²) in [6.45, 7) is 2.35. The average Bonchev–Trinajstić information content (AvgIpc) is 3.66. The lowest BCUT2D eigenvalue weighted by Gasteiger charge is -2.28. The number of hydrogen-bond acceptors (Lipinski definition) is 8. The predicted molar refractivity (Wildman–Crippen MR) is 132 cm³/mol. The minimum Gasteiger partial charge on any atom is -0.379 e. The standard InChI is InChI=1S/C24H25F2N7O3S/c1-2-36-16-5-3-15(4-6-16)33-11-18(22(31-33)21-17(25)7-8-20(26)30-21)28-23(35)19-12-37-24(29-19)14-9-27-32(10-14)13-34/h7-12,15-16,34H,2-6,13H2,1H3,(H,28,35). The monoisotopic (exact) mass is 529 g/mol. The number of halogens is 2. The summed E-state index contributed by atoms with van der Waals surface area (Å²) < 4.78 is 37.3. The fraction of sp³-hybridized carbons (Fsp3) is 0.375. The van der Waals surface area contributed by atoms with E-state index in [0.717, 1.165) is 37.8 Å². The van der Waals surface area contributed by atoms with Gasteiger partial charge in [0.05, 0.1) is 24.0 Å². The normalized spacial score (nSPS) is 17.7. The molecule has 0 unspecified atom stereocenters. The second kappa shape index (κ2) is 10.8. The van der Waals surface area contributed by atoms with Gasteiger partial charge in [0.1, 0.15) is 28.8 Å². The largest absolute Gasteiger partial charge is 0.379 e. The average molecular weight is 530 g/mol. The Kier molecular flexibility index (Phi) is 7.35. The first-order chi connectivity index (χ1) is 17.9. The molecule has 13 heteroatoms. The van der Waals surface area contributed by atoms with Gasteiger partial charge in [-0.15, -0.1) is 11.3 Å². The van der Waals surface area contributed by atoms with Gasteiger partial charge >= 0.3 is 0 Å². The molecule has 37 heavy (non-hydrogen) atoms. The Bertz CT molecular complexity index is 1390. The van der Waals surface area contributed by atoms with Gasteiger partial charge in [0, 0.05) is 29.9 Å². The highest BCUT2D eigenvalue weighted by molar-refractivity contribution is 7.13. The Balaban J connectivity index is 1.42. The van der Waals surface area contributed by atoms with Crippen LogP contribution in [0.1, 0.15) is 49.1 Å². The molecule has 0 aromatic carbocycles. The van der Waals surface area contributed by atoms with Crippen molar-refractivity contribution >= 4 is 22.9 Å². The van der Waals surface area contributed by atoms with Crippen molar-refractivity contribution in [2.24, 2.45) is 0 Å². The van der Waals surface area contributed by atoms with E-state index in [4.69, 9.17) is 4.74 Å². The van der Waals surface area contributed by atoms with E-state index in [1.807, 2.05) is 6.92 Å². The maximum absolute atomic E-state index is 14.7. The molecule has 0 aliphatic heterocycles. The van der Waals surface area contributed by atoms with E-state index in [9.17, 15) is 18.7 Å². The molecule has 5 rings (SSSR count). The number of anilines is 1. The van der Waals surface area contributed by atoms with Gasteiger partial charge in [0.25, 0.3) is 5.91 Å². The number of pyridine rings is 1. The molecule has 4 heterocycles. The summed E-state index contributed by atoms with van der Waals surface area (Å²) in [5, 5.41) is 22.6. The van der Waals surface area contributed by atoms with E-state index in [0.29, 0.717) is 17.2 Å². The molecule has 194 valence electrons. The number of amides is 1. The minimum atomic E-state index is -0.854. The molecule has 10 nitrogen and oxygen atoms in total. The number of aliphatic hydroxyl groups excluding tert-OH is 1. The molecule has 0 saturated heterocycles. The summed E-state index contributed by atoms with van der Waals surface area (Å²) in [6.07, 6.45) is 8.29. The third-order valence-electron chi connectivity index (χ3n) is 6.20. The molecule has 2 N–H and O–H groups in total. The SMILES string of the molecule is CCOC1CCC(n2cc(NC(=O)c3csc(-c4cnn(CO)c4)n3)c(-c3nc(F)ccc3F)n2)CC1. The van der Waals surface area contributed by atoms with Gasteiger partial charge < -0.3 is 15.2 Å². The zero-order valence-corrected chi connectivity index (χ0v) is 20.8. The zero-order valence-electron chi connectivity index (χ0n) is 20.0. The summed E-state index contributed by atoms with van der Waals surface area (Å²) in [6, 6.07) is 1.93. The van der Waals surface area contributed by atoms with Gasteiger partial charge in [0.2, 0.25) is 5.95 Å². The molecule has 0 spiro atoms. The molecule has 0 bridgehead atoms. The Morgan fingerprint density at radius 3 is 2.73 bits per heavy atom. The third kappa shape index (κ3) is 5.43. The quantitative estimate of drug-likeness (QED) is 0.327. The number of rotatable bonds is 8. The zero-order chi connectivity index (χ0) is 25.9. The van der Waals surface area contributed by atoms with Crippen LogP contribution in [0.4, 0.5) is 14.5 Å². The van der Waals surface area contributed by atoms with Crippen molar-refractivity contribution in [1.82, 2.24) is 29.5 Å². The first kappa shape index (κ1) is 25.1. The third-order valence-corrected chi connectivity index (χ3v) is 7.09. The molecule has 0 atom stereocenters. The van der Waals surface area contributed by atoms with Crippen LogP contribution >= 0.6 is 11.3 Å². The highest BCUT2D eigenvalue weighted by atomic mass is 32.1. The second-order valence-corrected chi connectivity index (χ2v) is 9.48. The van der Waals surface area contributed by atoms with Crippen LogP contribution in [-0.2, 0) is 11.5 Å². The molecule has 1 fully saturated rings. The topological polar surface area (TPSA) is 120 Å². The summed E-state index contributed by atoms with van der Waals surface area (Å²) in [7, 11) is 0. The molecule has 1 aliphatic rings. The molecule has 4 aromatic rings. The number of nitrogens with zero attached hydrogens (tertiary/aromatic N) is 6. The van der Waals surface area contributed by atoms with E-state index < -0.39 is 17.7 Å². The van der Waals surface area contributed by atoms with Crippen molar-refractivity contribution in [3.8, 4) is 22.0 Å². The fourth-order valence-electron chi connectivity index (χ4n) is 4.39. The van der Waals surface area contributed by atoms with Crippen LogP contribution in [0.2, 0.25) is 0 Å². The molecule has 4 aromatic heterocycles. The fourth-order valence-corrected chi connectivity index (χ4v) is 5.17. The maximum Gasteiger partial charge on any atom is 0.275 e. The van der Waals surface area contributed by atoms with E-state index in [-0.39, 0.29) is 41.6 Å². The minimum absolute atomic E-state index is 0.0201. The summed E-state index contributed by atoms with van der Waals surface area (Å²) in [5.41, 5.74) is 0.751. The van der Waals surface area contributed by atoms with E-state index >= 15 is 0 Å². The van der Waals surface area contributed by atoms with E-state index in [2.05, 4.69) is 25.5 Å². The highest BCUT2D eigenvalue weighted by Gasteiger charge is 2.27. The molecule has 1 amide bonds. The number of aromatic nitrogens is 6. The van der Waals surface area contributed by atoms with E-state index in [1.165, 1.54) is 22.2 Å². The Morgan fingerprint density at radius 2 is 2.00 bits per heavy atom. The van der Waals surface area contributed by atoms with Gasteiger partial charge in [-0.2, -0.15) is 14.6 Å². The van der Waals surface area contributed by atoms with Crippen molar-refractivity contribution in [1.29, 1.82) is 0 Å². The maximum atomic E-state index is 14.7. The Hall–Kier alpha value is -3.55. The van der Waals surface area contributed by atoms with Crippen LogP contribution in [0.3, 0.4) is 0 Å². The van der Waals surface area contributed by atoms with Crippen LogP contribution in [0, 0.1) is 11.8 Å². The van der Waals surface area contributed by atoms with E-state index in [1.54, 1.807) is 22.5 Å². The van der Waals surface area contributed by atoms with Gasteiger partial charge in [0.15, 0.2) is 5.82 Å². The summed E-state index contributed by atoms with van der Waals surface area (Å²) in [4.78, 5) is 21.1. The van der Waals surface area contributed by atoms with Crippen molar-refractivity contribution in [2.45, 2.75) is 51.5 Å². The van der Waals surface area contributed by atoms with Crippen LogP contribution in [0.15, 0.2) is 36.1 Å². The summed E-state index contributed by atoms with van der Waals surface area (Å²) in [5.74, 6) is -2.14. The number of nitrogens with one attached hydrogen (secondary N) is 1. The summed E-state index contributed by atoms with van der Waals surface area (Å²) >= 11 is 1.24. The predicted octanol–water partition coefficient (Wildman–Crippen LogP) is 4.27. The molecule has 1 saturated carbocycles. The van der Waals surface area contributed by atoms with Gasteiger partial charge in [-0.05, 0) is 44.7 Å². The molecule has 1 aliphatic carbocycles. The Morgan fingerprint density at radius 1 is 1.19 bits per heavy atom. The number of ether oxygens (including phenoxy) is 1. The number of thiazole rings is 1. The first-order valence-corrected chi connectivity index (χ1v) is 12.8. The lowest BCUT2D eigenvalue weighted by molar-refractivity contribution is 0.0260. The van der Waals surface area contributed by atoms with Crippen LogP contribution in [0.5, 0.6) is 0 Å². The molecular formula is C24H25F2N7O3S. The number of carbonyl (C=O) groups excluding carboxylic acids is 1. The highest BCUT2D eigenvalue weighted by Crippen LogP contribution is 2.34. The second-order valence-electron chi connectivity index (χ2n) is 8.62. The molecule has 0 radical (unpaired) electrons. The van der Waals surface area contributed by atoms with Crippen molar-refractivity contribution in [2.75, 3.05) is 11.9 Å². The van der Waals surface area contributed by atoms with Crippen molar-refractivity contribution < 1.29 is 23.4 Å².